The van der Waals surface area contributed by atoms with Gasteiger partial charge in [0.1, 0.15) is 5.69 Å². The smallest absolute Gasteiger partial charge is 0.358 e. The Kier molecular flexibility index (Phi) is 3.85. The third-order valence-corrected chi connectivity index (χ3v) is 1.96. The monoisotopic (exact) mass is 230 g/mol. The SMILES string of the molecule is CCOC(=O)c1cc(C(=O)Cl)n(CC)n1. The Morgan fingerprint density at radius 1 is 1.53 bits per heavy atom. The second kappa shape index (κ2) is 4.93. The van der Waals surface area contributed by atoms with Crippen LogP contribution in [0.4, 0.5) is 0 Å². The van der Waals surface area contributed by atoms with E-state index in [0.717, 1.165) is 0 Å². The van der Waals surface area contributed by atoms with E-state index in [2.05, 4.69) is 5.10 Å². The highest BCUT2D eigenvalue weighted by Crippen LogP contribution is 2.09. The summed E-state index contributed by atoms with van der Waals surface area (Å²) in [5, 5.41) is 3.27. The van der Waals surface area contributed by atoms with Crippen molar-refractivity contribution in [1.82, 2.24) is 9.78 Å². The number of ether oxygens (including phenoxy) is 1. The number of aromatic nitrogens is 2. The number of aryl methyl sites for hydroxylation is 1. The zero-order valence-corrected chi connectivity index (χ0v) is 9.24. The molecule has 0 saturated carbocycles. The van der Waals surface area contributed by atoms with Crippen molar-refractivity contribution in [3.63, 3.8) is 0 Å². The lowest BCUT2D eigenvalue weighted by molar-refractivity contribution is 0.0518. The van der Waals surface area contributed by atoms with Gasteiger partial charge in [0.05, 0.1) is 6.61 Å². The Morgan fingerprint density at radius 3 is 2.60 bits per heavy atom. The van der Waals surface area contributed by atoms with Crippen LogP contribution in [0.1, 0.15) is 34.8 Å². The average molecular weight is 231 g/mol. The number of rotatable bonds is 4. The van der Waals surface area contributed by atoms with Crippen LogP contribution >= 0.6 is 11.6 Å². The zero-order chi connectivity index (χ0) is 11.4. The molecular weight excluding hydrogens is 220 g/mol. The first-order valence-corrected chi connectivity index (χ1v) is 4.92. The van der Waals surface area contributed by atoms with Crippen molar-refractivity contribution in [3.8, 4) is 0 Å². The summed E-state index contributed by atoms with van der Waals surface area (Å²) in [7, 11) is 0. The Hall–Kier alpha value is -1.36. The van der Waals surface area contributed by atoms with Crippen molar-refractivity contribution in [1.29, 1.82) is 0 Å². The standard InChI is InChI=1S/C9H11ClN2O3/c1-3-12-7(8(10)13)5-6(11-12)9(14)15-4-2/h5H,3-4H2,1-2H3. The fraction of sp³-hybridized carbons (Fsp3) is 0.444. The largest absolute Gasteiger partial charge is 0.461 e. The first-order chi connectivity index (χ1) is 7.10. The molecular formula is C9H11ClN2O3. The van der Waals surface area contributed by atoms with Gasteiger partial charge in [-0.15, -0.1) is 0 Å². The summed E-state index contributed by atoms with van der Waals surface area (Å²) in [6.45, 7) is 4.22. The van der Waals surface area contributed by atoms with Crippen molar-refractivity contribution in [2.24, 2.45) is 0 Å². The van der Waals surface area contributed by atoms with Crippen molar-refractivity contribution in [3.05, 3.63) is 17.5 Å². The highest BCUT2D eigenvalue weighted by Gasteiger charge is 2.17. The van der Waals surface area contributed by atoms with E-state index in [1.807, 2.05) is 0 Å². The van der Waals surface area contributed by atoms with Gasteiger partial charge in [-0.05, 0) is 25.4 Å². The van der Waals surface area contributed by atoms with E-state index in [4.69, 9.17) is 16.3 Å². The molecule has 0 unspecified atom stereocenters. The number of hydrogen-bond donors (Lipinski definition) is 0. The molecule has 6 heteroatoms. The minimum atomic E-state index is -0.639. The van der Waals surface area contributed by atoms with E-state index in [-0.39, 0.29) is 18.0 Å². The maximum absolute atomic E-state index is 11.3. The molecule has 0 aliphatic rings. The fourth-order valence-corrected chi connectivity index (χ4v) is 1.27. The predicted molar refractivity (Wildman–Crippen MR) is 54.0 cm³/mol. The number of nitrogens with zero attached hydrogens (tertiary/aromatic N) is 2. The summed E-state index contributed by atoms with van der Waals surface area (Å²) < 4.78 is 6.11. The summed E-state index contributed by atoms with van der Waals surface area (Å²) in [5.41, 5.74) is 0.296. The van der Waals surface area contributed by atoms with Gasteiger partial charge in [-0.1, -0.05) is 0 Å². The first-order valence-electron chi connectivity index (χ1n) is 4.55. The van der Waals surface area contributed by atoms with Gasteiger partial charge >= 0.3 is 5.97 Å². The number of carbonyl (C=O) groups excluding carboxylic acids is 2. The molecule has 1 rings (SSSR count). The third kappa shape index (κ3) is 2.56. The van der Waals surface area contributed by atoms with Crippen LogP contribution < -0.4 is 0 Å². The molecule has 0 N–H and O–H groups in total. The Balaban J connectivity index is 3.02. The molecule has 0 aliphatic carbocycles. The van der Waals surface area contributed by atoms with Crippen LogP contribution in [0.25, 0.3) is 0 Å². The molecule has 0 bridgehead atoms. The van der Waals surface area contributed by atoms with E-state index in [9.17, 15) is 9.59 Å². The van der Waals surface area contributed by atoms with Crippen LogP contribution in [0.2, 0.25) is 0 Å². The molecule has 15 heavy (non-hydrogen) atoms. The predicted octanol–water partition coefficient (Wildman–Crippen LogP) is 1.46. The third-order valence-electron chi connectivity index (χ3n) is 1.77. The molecule has 0 amide bonds. The van der Waals surface area contributed by atoms with Crippen LogP contribution in [0.3, 0.4) is 0 Å². The van der Waals surface area contributed by atoms with Gasteiger partial charge in [0.2, 0.25) is 0 Å². The summed E-state index contributed by atoms with van der Waals surface area (Å²) in [4.78, 5) is 22.3. The quantitative estimate of drug-likeness (QED) is 0.580. The van der Waals surface area contributed by atoms with Crippen LogP contribution in [0, 0.1) is 0 Å². The van der Waals surface area contributed by atoms with Crippen molar-refractivity contribution >= 4 is 22.8 Å². The summed E-state index contributed by atoms with van der Waals surface area (Å²) in [6, 6.07) is 1.33. The fourth-order valence-electron chi connectivity index (χ4n) is 1.12. The van der Waals surface area contributed by atoms with E-state index in [1.54, 1.807) is 13.8 Å². The van der Waals surface area contributed by atoms with Crippen LogP contribution in [-0.4, -0.2) is 27.6 Å². The van der Waals surface area contributed by atoms with Crippen molar-refractivity contribution < 1.29 is 14.3 Å². The molecule has 0 spiro atoms. The lowest BCUT2D eigenvalue weighted by Crippen LogP contribution is -2.07. The molecule has 0 radical (unpaired) electrons. The molecule has 0 aromatic carbocycles. The second-order valence-electron chi connectivity index (χ2n) is 2.72. The maximum Gasteiger partial charge on any atom is 0.358 e. The van der Waals surface area contributed by atoms with Crippen molar-refractivity contribution in [2.45, 2.75) is 20.4 Å². The van der Waals surface area contributed by atoms with E-state index >= 15 is 0 Å². The van der Waals surface area contributed by atoms with Crippen LogP contribution in [0.15, 0.2) is 6.07 Å². The Morgan fingerprint density at radius 2 is 2.20 bits per heavy atom. The molecule has 5 nitrogen and oxygen atoms in total. The van der Waals surface area contributed by atoms with Gasteiger partial charge in [-0.25, -0.2) is 4.79 Å². The van der Waals surface area contributed by atoms with Gasteiger partial charge in [-0.3, -0.25) is 9.48 Å². The second-order valence-corrected chi connectivity index (χ2v) is 3.07. The minimum absolute atomic E-state index is 0.0997. The average Bonchev–Trinajstić information content (AvgIpc) is 2.61. The highest BCUT2D eigenvalue weighted by atomic mass is 35.5. The number of halogens is 1. The lowest BCUT2D eigenvalue weighted by Gasteiger charge is -1.98. The van der Waals surface area contributed by atoms with E-state index < -0.39 is 11.2 Å². The maximum atomic E-state index is 11.3. The van der Waals surface area contributed by atoms with Gasteiger partial charge < -0.3 is 4.74 Å². The lowest BCUT2D eigenvalue weighted by atomic mass is 10.3. The van der Waals surface area contributed by atoms with Gasteiger partial charge in [0, 0.05) is 12.6 Å². The van der Waals surface area contributed by atoms with Crippen LogP contribution in [0.5, 0.6) is 0 Å². The van der Waals surface area contributed by atoms with Crippen molar-refractivity contribution in [2.75, 3.05) is 6.61 Å². The number of hydrogen-bond acceptors (Lipinski definition) is 4. The molecule has 0 fully saturated rings. The van der Waals surface area contributed by atoms with Gasteiger partial charge in [-0.2, -0.15) is 5.10 Å². The molecule has 82 valence electrons. The van der Waals surface area contributed by atoms with E-state index in [0.29, 0.717) is 6.54 Å². The molecule has 1 aromatic rings. The molecule has 1 heterocycles. The minimum Gasteiger partial charge on any atom is -0.461 e. The molecule has 0 atom stereocenters. The normalized spacial score (nSPS) is 10.1. The molecule has 1 aromatic heterocycles. The number of carbonyl (C=O) groups is 2. The van der Waals surface area contributed by atoms with E-state index in [1.165, 1.54) is 10.7 Å². The highest BCUT2D eigenvalue weighted by molar-refractivity contribution is 6.67. The van der Waals surface area contributed by atoms with Crippen LogP contribution in [-0.2, 0) is 11.3 Å². The first kappa shape index (κ1) is 11.7. The topological polar surface area (TPSA) is 61.2 Å². The van der Waals surface area contributed by atoms with Gasteiger partial charge in [0.15, 0.2) is 5.69 Å². The zero-order valence-electron chi connectivity index (χ0n) is 8.49. The molecule has 0 aliphatic heterocycles. The number of esters is 1. The van der Waals surface area contributed by atoms with Gasteiger partial charge in [0.25, 0.3) is 5.24 Å². The summed E-state index contributed by atoms with van der Waals surface area (Å²) in [6.07, 6.45) is 0. The summed E-state index contributed by atoms with van der Waals surface area (Å²) >= 11 is 5.33. The Bertz CT molecular complexity index is 387. The Labute approximate surface area is 92.0 Å². The summed E-state index contributed by atoms with van der Waals surface area (Å²) in [5.74, 6) is -0.552. The molecule has 0 saturated heterocycles.